The number of nitro benzene ring substituents is 1. The summed E-state index contributed by atoms with van der Waals surface area (Å²) >= 11 is 0. The summed E-state index contributed by atoms with van der Waals surface area (Å²) in [6.07, 6.45) is -0.950. The summed E-state index contributed by atoms with van der Waals surface area (Å²) in [5, 5.41) is 47.2. The third-order valence-corrected chi connectivity index (χ3v) is 3.52. The second-order valence-electron chi connectivity index (χ2n) is 5.53. The van der Waals surface area contributed by atoms with E-state index in [1.165, 1.54) is 38.1 Å². The smallest absolute Gasteiger partial charge is 0.281 e. The van der Waals surface area contributed by atoms with Crippen LogP contribution in [0, 0.1) is 28.4 Å². The van der Waals surface area contributed by atoms with Crippen LogP contribution in [0.5, 0.6) is 5.88 Å². The van der Waals surface area contributed by atoms with Gasteiger partial charge in [-0.1, -0.05) is 6.07 Å². The zero-order valence-corrected chi connectivity index (χ0v) is 13.9. The normalized spacial score (nSPS) is 12.1. The van der Waals surface area contributed by atoms with Crippen LogP contribution in [0.2, 0.25) is 0 Å². The Morgan fingerprint density at radius 1 is 1.42 bits per heavy atom. The lowest BCUT2D eigenvalue weighted by Crippen LogP contribution is -2.26. The van der Waals surface area contributed by atoms with Crippen LogP contribution in [0.4, 0.5) is 17.1 Å². The zero-order valence-electron chi connectivity index (χ0n) is 13.9. The van der Waals surface area contributed by atoms with Gasteiger partial charge < -0.3 is 10.2 Å². The Labute approximate surface area is 147 Å². The SMILES string of the molecule is Cc1c(C#N)c(O)n(CC(C)O)c(=O)c1N=Nc1cccc([N+](=O)[O-])c1. The van der Waals surface area contributed by atoms with Crippen LogP contribution in [0.3, 0.4) is 0 Å². The number of benzene rings is 1. The first-order chi connectivity index (χ1) is 12.3. The van der Waals surface area contributed by atoms with Crippen molar-refractivity contribution in [2.45, 2.75) is 26.5 Å². The molecule has 0 aliphatic rings. The van der Waals surface area contributed by atoms with Gasteiger partial charge in [0.05, 0.1) is 23.3 Å². The third kappa shape index (κ3) is 3.73. The highest BCUT2D eigenvalue weighted by Gasteiger charge is 2.20. The molecule has 0 fully saturated rings. The predicted octanol–water partition coefficient (Wildman–Crippen LogP) is 2.44. The highest BCUT2D eigenvalue weighted by atomic mass is 16.6. The number of non-ortho nitro benzene ring substituents is 1. The Balaban J connectivity index is 2.59. The molecule has 0 saturated carbocycles. The third-order valence-electron chi connectivity index (χ3n) is 3.52. The van der Waals surface area contributed by atoms with Crippen LogP contribution >= 0.6 is 0 Å². The number of aliphatic hydroxyl groups is 1. The standard InChI is InChI=1S/C16H15N5O5/c1-9(22)8-20-15(23)13(7-17)10(2)14(16(20)24)19-18-11-4-3-5-12(6-11)21(25)26/h3-6,9,22-23H,8H2,1-2H3. The number of pyridine rings is 1. The molecule has 1 atom stereocenters. The molecule has 0 amide bonds. The number of rotatable bonds is 5. The number of aliphatic hydroxyl groups excluding tert-OH is 1. The summed E-state index contributed by atoms with van der Waals surface area (Å²) in [5.41, 5.74) is -1.04. The first-order valence-electron chi connectivity index (χ1n) is 7.47. The van der Waals surface area contributed by atoms with Crippen molar-refractivity contribution in [2.24, 2.45) is 10.2 Å². The molecule has 134 valence electrons. The first-order valence-corrected chi connectivity index (χ1v) is 7.47. The highest BCUT2D eigenvalue weighted by Crippen LogP contribution is 2.27. The molecule has 2 rings (SSSR count). The van der Waals surface area contributed by atoms with E-state index in [9.17, 15) is 30.4 Å². The van der Waals surface area contributed by atoms with Crippen LogP contribution in [-0.4, -0.2) is 25.8 Å². The van der Waals surface area contributed by atoms with E-state index in [4.69, 9.17) is 0 Å². The van der Waals surface area contributed by atoms with Crippen LogP contribution in [0.1, 0.15) is 18.1 Å². The molecule has 26 heavy (non-hydrogen) atoms. The number of azo groups is 1. The van der Waals surface area contributed by atoms with Gasteiger partial charge in [0.25, 0.3) is 11.2 Å². The molecule has 0 radical (unpaired) electrons. The molecular formula is C16H15N5O5. The monoisotopic (exact) mass is 357 g/mol. The van der Waals surface area contributed by atoms with E-state index in [0.29, 0.717) is 0 Å². The first kappa shape index (κ1) is 18.8. The molecule has 0 bridgehead atoms. The van der Waals surface area contributed by atoms with Gasteiger partial charge in [0.2, 0.25) is 5.88 Å². The molecule has 0 saturated heterocycles. The van der Waals surface area contributed by atoms with Crippen molar-refractivity contribution < 1.29 is 15.1 Å². The quantitative estimate of drug-likeness (QED) is 0.476. The summed E-state index contributed by atoms with van der Waals surface area (Å²) in [7, 11) is 0. The largest absolute Gasteiger partial charge is 0.493 e. The number of aromatic nitrogens is 1. The molecule has 0 spiro atoms. The fourth-order valence-corrected chi connectivity index (χ4v) is 2.27. The van der Waals surface area contributed by atoms with E-state index in [2.05, 4.69) is 10.2 Å². The van der Waals surface area contributed by atoms with Crippen LogP contribution < -0.4 is 5.56 Å². The van der Waals surface area contributed by atoms with Crippen molar-refractivity contribution >= 4 is 17.1 Å². The van der Waals surface area contributed by atoms with Crippen LogP contribution in [0.25, 0.3) is 0 Å². The predicted molar refractivity (Wildman–Crippen MR) is 90.8 cm³/mol. The zero-order chi connectivity index (χ0) is 19.4. The maximum Gasteiger partial charge on any atom is 0.281 e. The van der Waals surface area contributed by atoms with E-state index in [-0.39, 0.29) is 34.7 Å². The summed E-state index contributed by atoms with van der Waals surface area (Å²) in [4.78, 5) is 22.7. The fourth-order valence-electron chi connectivity index (χ4n) is 2.27. The summed E-state index contributed by atoms with van der Waals surface area (Å²) < 4.78 is 0.831. The number of hydrogen-bond donors (Lipinski definition) is 2. The molecule has 0 aliphatic carbocycles. The van der Waals surface area contributed by atoms with Crippen molar-refractivity contribution in [3.63, 3.8) is 0 Å². The molecule has 1 unspecified atom stereocenters. The van der Waals surface area contributed by atoms with Gasteiger partial charge in [-0.2, -0.15) is 10.4 Å². The second-order valence-corrected chi connectivity index (χ2v) is 5.53. The average Bonchev–Trinajstić information content (AvgIpc) is 2.59. The Morgan fingerprint density at radius 3 is 2.69 bits per heavy atom. The number of nitro groups is 1. The molecule has 1 aromatic heterocycles. The maximum atomic E-state index is 12.5. The molecular weight excluding hydrogens is 342 g/mol. The van der Waals surface area contributed by atoms with Gasteiger partial charge in [0.1, 0.15) is 11.6 Å². The molecule has 0 aliphatic heterocycles. The second kappa shape index (κ2) is 7.54. The van der Waals surface area contributed by atoms with Crippen molar-refractivity contribution in [2.75, 3.05) is 0 Å². The number of nitrogens with zero attached hydrogens (tertiary/aromatic N) is 5. The summed E-state index contributed by atoms with van der Waals surface area (Å²) in [5.74, 6) is -0.565. The minimum Gasteiger partial charge on any atom is -0.493 e. The molecule has 10 nitrogen and oxygen atoms in total. The number of hydrogen-bond acceptors (Lipinski definition) is 8. The minimum absolute atomic E-state index is 0.117. The lowest BCUT2D eigenvalue weighted by atomic mass is 10.1. The van der Waals surface area contributed by atoms with Gasteiger partial charge in [-0.25, -0.2) is 0 Å². The Morgan fingerprint density at radius 2 is 2.12 bits per heavy atom. The van der Waals surface area contributed by atoms with Crippen LogP contribution in [0.15, 0.2) is 39.3 Å². The maximum absolute atomic E-state index is 12.5. The Hall–Kier alpha value is -3.58. The van der Waals surface area contributed by atoms with Gasteiger partial charge in [-0.3, -0.25) is 19.5 Å². The average molecular weight is 357 g/mol. The lowest BCUT2D eigenvalue weighted by molar-refractivity contribution is -0.384. The van der Waals surface area contributed by atoms with Crippen LogP contribution in [-0.2, 0) is 6.54 Å². The van der Waals surface area contributed by atoms with E-state index >= 15 is 0 Å². The molecule has 1 aromatic carbocycles. The van der Waals surface area contributed by atoms with Gasteiger partial charge in [0, 0.05) is 17.7 Å². The Bertz CT molecular complexity index is 988. The summed E-state index contributed by atoms with van der Waals surface area (Å²) in [6.45, 7) is 2.61. The van der Waals surface area contributed by atoms with E-state index < -0.39 is 22.5 Å². The molecule has 2 aromatic rings. The molecule has 2 N–H and O–H groups in total. The van der Waals surface area contributed by atoms with Crippen molar-refractivity contribution in [3.8, 4) is 11.9 Å². The Kier molecular flexibility index (Phi) is 5.44. The number of nitriles is 1. The van der Waals surface area contributed by atoms with Gasteiger partial charge in [-0.15, -0.1) is 5.11 Å². The minimum atomic E-state index is -0.950. The van der Waals surface area contributed by atoms with Crippen molar-refractivity contribution in [3.05, 3.63) is 55.9 Å². The number of aromatic hydroxyl groups is 1. The molecule has 1 heterocycles. The lowest BCUT2D eigenvalue weighted by Gasteiger charge is -2.14. The highest BCUT2D eigenvalue weighted by molar-refractivity contribution is 5.57. The summed E-state index contributed by atoms with van der Waals surface area (Å²) in [6, 6.07) is 7.13. The van der Waals surface area contributed by atoms with E-state index in [1.54, 1.807) is 6.07 Å². The molecule has 10 heteroatoms. The van der Waals surface area contributed by atoms with E-state index in [0.717, 1.165) is 4.57 Å². The topological polar surface area (TPSA) is 154 Å². The van der Waals surface area contributed by atoms with Gasteiger partial charge in [0.15, 0.2) is 5.69 Å². The van der Waals surface area contributed by atoms with Crippen molar-refractivity contribution in [1.29, 1.82) is 5.26 Å². The van der Waals surface area contributed by atoms with Gasteiger partial charge in [-0.05, 0) is 19.9 Å². The van der Waals surface area contributed by atoms with Gasteiger partial charge >= 0.3 is 0 Å². The van der Waals surface area contributed by atoms with Crippen molar-refractivity contribution in [1.82, 2.24) is 4.57 Å². The fraction of sp³-hybridized carbons (Fsp3) is 0.250. The van der Waals surface area contributed by atoms with E-state index in [1.807, 2.05) is 0 Å².